The van der Waals surface area contributed by atoms with Gasteiger partial charge in [0, 0.05) is 18.3 Å². The molecule has 3 aromatic carbocycles. The lowest BCUT2D eigenvalue weighted by atomic mass is 9.93. The summed E-state index contributed by atoms with van der Waals surface area (Å²) >= 11 is 0. The van der Waals surface area contributed by atoms with E-state index in [1.165, 1.54) is 6.20 Å². The predicted molar refractivity (Wildman–Crippen MR) is 108 cm³/mol. The molecular weight excluding hydrogens is 326 g/mol. The van der Waals surface area contributed by atoms with Gasteiger partial charge in [0.25, 0.3) is 0 Å². The summed E-state index contributed by atoms with van der Waals surface area (Å²) in [4.78, 5) is 4.28. The molecule has 0 radical (unpaired) electrons. The second kappa shape index (κ2) is 7.31. The molecule has 0 spiro atoms. The van der Waals surface area contributed by atoms with E-state index in [0.29, 0.717) is 17.9 Å². The lowest BCUT2D eigenvalue weighted by Gasteiger charge is -2.15. The molecule has 0 fully saturated rings. The molecule has 26 heavy (non-hydrogen) atoms. The summed E-state index contributed by atoms with van der Waals surface area (Å²) in [7, 11) is 3.23. The number of hydrogen-bond acceptors (Lipinski definition) is 4. The number of nitrogens with zero attached hydrogens (tertiary/aromatic N) is 1. The summed E-state index contributed by atoms with van der Waals surface area (Å²) in [5.41, 5.74) is 1.91. The van der Waals surface area contributed by atoms with Gasteiger partial charge in [0.15, 0.2) is 11.5 Å². The zero-order valence-electron chi connectivity index (χ0n) is 15.0. The molecule has 4 heteroatoms. The van der Waals surface area contributed by atoms with E-state index >= 15 is 0 Å². The number of rotatable bonds is 6. The summed E-state index contributed by atoms with van der Waals surface area (Å²) in [6.07, 6.45) is 3.86. The first kappa shape index (κ1) is 17.5. The fourth-order valence-corrected chi connectivity index (χ4v) is 3.17. The van der Waals surface area contributed by atoms with Gasteiger partial charge in [0.2, 0.25) is 0 Å². The van der Waals surface area contributed by atoms with E-state index in [4.69, 9.17) is 9.47 Å². The molecule has 3 aromatic rings. The first-order chi connectivity index (χ1) is 12.6. The van der Waals surface area contributed by atoms with Gasteiger partial charge in [-0.1, -0.05) is 25.3 Å². The Morgan fingerprint density at radius 1 is 1.00 bits per heavy atom. The van der Waals surface area contributed by atoms with Gasteiger partial charge in [-0.15, -0.1) is 0 Å². The molecule has 3 rings (SSSR count). The van der Waals surface area contributed by atoms with Crippen molar-refractivity contribution in [1.29, 1.82) is 0 Å². The highest BCUT2D eigenvalue weighted by molar-refractivity contribution is 6.12. The number of phenols is 1. The monoisotopic (exact) mass is 347 g/mol. The molecule has 4 nitrogen and oxygen atoms in total. The molecule has 1 N–H and O–H groups in total. The highest BCUT2D eigenvalue weighted by atomic mass is 16.5. The van der Waals surface area contributed by atoms with Crippen LogP contribution in [0.25, 0.3) is 21.5 Å². The van der Waals surface area contributed by atoms with E-state index < -0.39 is 0 Å². The molecule has 0 amide bonds. The van der Waals surface area contributed by atoms with E-state index in [9.17, 15) is 5.11 Å². The van der Waals surface area contributed by atoms with Crippen LogP contribution in [0.4, 0.5) is 0 Å². The van der Waals surface area contributed by atoms with Crippen LogP contribution in [0.1, 0.15) is 5.56 Å². The maximum Gasteiger partial charge on any atom is 0.161 e. The van der Waals surface area contributed by atoms with Gasteiger partial charge < -0.3 is 14.6 Å². The number of fused-ring (bicyclic) bond motifs is 3. The SMILES string of the molecule is C=CN=C(C=C)Cc1cc2ccc(O)cc2c2cc(OC)c(OC)cc12. The van der Waals surface area contributed by atoms with Gasteiger partial charge in [0.05, 0.1) is 14.2 Å². The van der Waals surface area contributed by atoms with Crippen LogP contribution in [0, 0.1) is 0 Å². The van der Waals surface area contributed by atoms with Crippen molar-refractivity contribution in [2.45, 2.75) is 6.42 Å². The largest absolute Gasteiger partial charge is 0.508 e. The molecule has 0 unspecified atom stereocenters. The van der Waals surface area contributed by atoms with E-state index in [1.807, 2.05) is 18.2 Å². The van der Waals surface area contributed by atoms with E-state index in [2.05, 4.69) is 24.2 Å². The van der Waals surface area contributed by atoms with Crippen LogP contribution in [-0.4, -0.2) is 25.0 Å². The molecular formula is C22H21NO3. The predicted octanol–water partition coefficient (Wildman–Crippen LogP) is 5.03. The van der Waals surface area contributed by atoms with E-state index in [1.54, 1.807) is 32.4 Å². The molecule has 0 bridgehead atoms. The minimum atomic E-state index is 0.223. The molecule has 0 saturated carbocycles. The quantitative estimate of drug-likeness (QED) is 0.503. The highest BCUT2D eigenvalue weighted by Gasteiger charge is 2.14. The van der Waals surface area contributed by atoms with Crippen molar-refractivity contribution < 1.29 is 14.6 Å². The number of allylic oxidation sites excluding steroid dienone is 1. The number of aromatic hydroxyl groups is 1. The van der Waals surface area contributed by atoms with Gasteiger partial charge in [0.1, 0.15) is 5.75 Å². The fraction of sp³-hybridized carbons (Fsp3) is 0.136. The molecule has 0 aliphatic heterocycles. The second-order valence-electron chi connectivity index (χ2n) is 5.88. The third-order valence-corrected chi connectivity index (χ3v) is 4.39. The van der Waals surface area contributed by atoms with Crippen LogP contribution in [0.15, 0.2) is 66.8 Å². The zero-order valence-corrected chi connectivity index (χ0v) is 15.0. The number of aliphatic imine (C=N–C) groups is 1. The zero-order chi connectivity index (χ0) is 18.7. The average Bonchev–Trinajstić information content (AvgIpc) is 2.66. The number of hydrogen-bond donors (Lipinski definition) is 1. The molecule has 132 valence electrons. The minimum Gasteiger partial charge on any atom is -0.508 e. The summed E-state index contributed by atoms with van der Waals surface area (Å²) in [5, 5.41) is 13.9. The maximum atomic E-state index is 9.94. The summed E-state index contributed by atoms with van der Waals surface area (Å²) < 4.78 is 10.9. The Hall–Kier alpha value is -3.27. The van der Waals surface area contributed by atoms with Gasteiger partial charge in [-0.05, 0) is 57.4 Å². The van der Waals surface area contributed by atoms with Crippen molar-refractivity contribution >= 4 is 27.3 Å². The van der Waals surface area contributed by atoms with Crippen molar-refractivity contribution in [1.82, 2.24) is 0 Å². The first-order valence-electron chi connectivity index (χ1n) is 8.21. The van der Waals surface area contributed by atoms with Crippen LogP contribution in [0.5, 0.6) is 17.2 Å². The van der Waals surface area contributed by atoms with Crippen LogP contribution < -0.4 is 9.47 Å². The third kappa shape index (κ3) is 3.14. The van der Waals surface area contributed by atoms with E-state index in [0.717, 1.165) is 32.8 Å². The molecule has 0 aliphatic rings. The lowest BCUT2D eigenvalue weighted by Crippen LogP contribution is -2.01. The Morgan fingerprint density at radius 3 is 2.31 bits per heavy atom. The van der Waals surface area contributed by atoms with Crippen LogP contribution in [0.3, 0.4) is 0 Å². The Kier molecular flexibility index (Phi) is 4.94. The first-order valence-corrected chi connectivity index (χ1v) is 8.21. The van der Waals surface area contributed by atoms with Crippen molar-refractivity contribution in [3.8, 4) is 17.2 Å². The van der Waals surface area contributed by atoms with E-state index in [-0.39, 0.29) is 5.75 Å². The summed E-state index contributed by atoms with van der Waals surface area (Å²) in [6, 6.07) is 11.4. The molecule has 0 heterocycles. The van der Waals surface area contributed by atoms with Crippen LogP contribution >= 0.6 is 0 Å². The Labute approximate surface area is 152 Å². The smallest absolute Gasteiger partial charge is 0.161 e. The molecule has 0 aromatic heterocycles. The van der Waals surface area contributed by atoms with Crippen molar-refractivity contribution in [3.05, 3.63) is 67.4 Å². The van der Waals surface area contributed by atoms with Crippen molar-refractivity contribution in [2.24, 2.45) is 4.99 Å². The molecule has 0 saturated heterocycles. The summed E-state index contributed by atoms with van der Waals surface area (Å²) in [6.45, 7) is 7.50. The number of methoxy groups -OCH3 is 2. The second-order valence-corrected chi connectivity index (χ2v) is 5.88. The van der Waals surface area contributed by atoms with Crippen LogP contribution in [-0.2, 0) is 6.42 Å². The molecule has 0 atom stereocenters. The Bertz CT molecular complexity index is 1030. The normalized spacial score (nSPS) is 11.5. The maximum absolute atomic E-state index is 9.94. The van der Waals surface area contributed by atoms with Crippen LogP contribution in [0.2, 0.25) is 0 Å². The number of phenolic OH excluding ortho intramolecular Hbond substituents is 1. The molecule has 0 aliphatic carbocycles. The van der Waals surface area contributed by atoms with Gasteiger partial charge >= 0.3 is 0 Å². The average molecular weight is 347 g/mol. The number of benzene rings is 3. The third-order valence-electron chi connectivity index (χ3n) is 4.39. The fourth-order valence-electron chi connectivity index (χ4n) is 3.17. The Morgan fingerprint density at radius 2 is 1.69 bits per heavy atom. The topological polar surface area (TPSA) is 51.1 Å². The Balaban J connectivity index is 2.38. The standard InChI is InChI=1S/C22H21NO3/c1-5-16(23-6-2)10-15-9-14-7-8-17(24)11-18(14)20-13-22(26-4)21(25-3)12-19(15)20/h5-9,11-13,24H,1-2,10H2,3-4H3. The highest BCUT2D eigenvalue weighted by Crippen LogP contribution is 2.38. The lowest BCUT2D eigenvalue weighted by molar-refractivity contribution is 0.356. The van der Waals surface area contributed by atoms with Crippen molar-refractivity contribution in [2.75, 3.05) is 14.2 Å². The van der Waals surface area contributed by atoms with Crippen molar-refractivity contribution in [3.63, 3.8) is 0 Å². The minimum absolute atomic E-state index is 0.223. The summed E-state index contributed by atoms with van der Waals surface area (Å²) in [5.74, 6) is 1.52. The van der Waals surface area contributed by atoms with Gasteiger partial charge in [-0.2, -0.15) is 0 Å². The van der Waals surface area contributed by atoms with Gasteiger partial charge in [-0.3, -0.25) is 4.99 Å². The number of ether oxygens (including phenoxy) is 2. The van der Waals surface area contributed by atoms with Gasteiger partial charge in [-0.25, -0.2) is 0 Å².